The third-order valence-electron chi connectivity index (χ3n) is 12.4. The first-order chi connectivity index (χ1) is 24.3. The van der Waals surface area contributed by atoms with E-state index in [1.807, 2.05) is 0 Å². The molecule has 5 aliphatic carbocycles. The Morgan fingerprint density at radius 2 is 1.58 bits per heavy atom. The normalized spacial score (nSPS) is 34.7. The number of nitrogens with one attached hydrogen (secondary N) is 2. The molecule has 2 aromatic rings. The molecule has 270 valence electrons. The maximum atomic E-state index is 13.7. The quantitative estimate of drug-likeness (QED) is 0.241. The van der Waals surface area contributed by atoms with Crippen molar-refractivity contribution < 1.29 is 38.0 Å². The van der Waals surface area contributed by atoms with E-state index in [4.69, 9.17) is 24.0 Å². The maximum Gasteiger partial charge on any atom is 0.251 e. The Hall–Kier alpha value is -3.09. The number of nitrogens with zero attached hydrogens (tertiary/aromatic N) is 1. The molecule has 2 N–H and O–H groups in total. The Bertz CT molecular complexity index is 1490. The lowest BCUT2D eigenvalue weighted by Crippen LogP contribution is -2.65. The van der Waals surface area contributed by atoms with Gasteiger partial charge in [0.05, 0.1) is 18.6 Å². The molecule has 0 radical (unpaired) electrons. The lowest BCUT2D eigenvalue weighted by molar-refractivity contribution is -0.393. The molecule has 50 heavy (non-hydrogen) atoms. The second-order valence-corrected chi connectivity index (χ2v) is 15.5. The summed E-state index contributed by atoms with van der Waals surface area (Å²) in [5, 5.41) is 6.03. The fraction of sp³-hybridized carbons (Fsp3) is 0.641. The molecule has 11 heteroatoms. The molecule has 5 saturated carbocycles. The third-order valence-corrected chi connectivity index (χ3v) is 12.4. The van der Waals surface area contributed by atoms with E-state index in [0.717, 1.165) is 96.4 Å². The molecular formula is C39H50FN3O7. The molecular weight excluding hydrogens is 640 g/mol. The summed E-state index contributed by atoms with van der Waals surface area (Å²) in [5.41, 5.74) is 1.34. The van der Waals surface area contributed by atoms with E-state index in [9.17, 15) is 14.0 Å². The second-order valence-electron chi connectivity index (χ2n) is 15.5. The number of benzene rings is 2. The summed E-state index contributed by atoms with van der Waals surface area (Å²) >= 11 is 0. The topological polar surface area (TPSA) is 108 Å². The van der Waals surface area contributed by atoms with Crippen molar-refractivity contribution in [3.05, 3.63) is 65.5 Å². The summed E-state index contributed by atoms with van der Waals surface area (Å²) in [5.74, 6) is 0.0955. The number of halogens is 1. The molecule has 2 amide bonds. The molecule has 4 bridgehead atoms. The SMILES string of the molecule is O=C(NCCCNC(=O)C12CC3CC(C1)C1(OOC4(CCC(c5ccc(OCCN6CCOCC6)cc5)CC4)O1)C(C3)C2)c1ccc([18F])cc1. The molecule has 10 nitrogen and oxygen atoms in total. The molecule has 2 saturated heterocycles. The van der Waals surface area contributed by atoms with Crippen LogP contribution in [-0.2, 0) is 24.0 Å². The molecule has 2 heterocycles. The predicted octanol–water partition coefficient (Wildman–Crippen LogP) is 5.33. The molecule has 7 fully saturated rings. The number of carbonyl (C=O) groups excluding carboxylic acids is 2. The van der Waals surface area contributed by atoms with E-state index in [-0.39, 0.29) is 29.5 Å². The summed E-state index contributed by atoms with van der Waals surface area (Å²) in [6.07, 6.45) is 8.52. The maximum absolute atomic E-state index is 13.7. The number of morpholine rings is 1. The molecule has 2 atom stereocenters. The van der Waals surface area contributed by atoms with Crippen LogP contribution in [0.2, 0.25) is 0 Å². The van der Waals surface area contributed by atoms with Gasteiger partial charge in [0.25, 0.3) is 5.91 Å². The monoisotopic (exact) mass is 690 g/mol. The molecule has 2 unspecified atom stereocenters. The highest BCUT2D eigenvalue weighted by Gasteiger charge is 2.71. The van der Waals surface area contributed by atoms with Crippen LogP contribution in [0.3, 0.4) is 0 Å². The van der Waals surface area contributed by atoms with E-state index >= 15 is 0 Å². The van der Waals surface area contributed by atoms with Crippen LogP contribution >= 0.6 is 0 Å². The fourth-order valence-electron chi connectivity index (χ4n) is 9.89. The molecule has 2 spiro atoms. The summed E-state index contributed by atoms with van der Waals surface area (Å²) in [6.45, 7) is 6.06. The Morgan fingerprint density at radius 1 is 0.880 bits per heavy atom. The minimum Gasteiger partial charge on any atom is -0.492 e. The van der Waals surface area contributed by atoms with Gasteiger partial charge in [-0.2, -0.15) is 9.78 Å². The number of hydrogen-bond donors (Lipinski definition) is 2. The van der Waals surface area contributed by atoms with Crippen molar-refractivity contribution in [2.24, 2.45) is 23.2 Å². The van der Waals surface area contributed by atoms with Gasteiger partial charge in [-0.3, -0.25) is 14.5 Å². The van der Waals surface area contributed by atoms with Crippen LogP contribution in [0.15, 0.2) is 48.5 Å². The first-order valence-corrected chi connectivity index (χ1v) is 18.8. The first kappa shape index (κ1) is 34.0. The van der Waals surface area contributed by atoms with Gasteiger partial charge < -0.3 is 24.8 Å². The van der Waals surface area contributed by atoms with E-state index in [1.165, 1.54) is 29.8 Å². The zero-order valence-electron chi connectivity index (χ0n) is 28.8. The largest absolute Gasteiger partial charge is 0.492 e. The van der Waals surface area contributed by atoms with Crippen LogP contribution in [0.1, 0.15) is 86.0 Å². The number of carbonyl (C=O) groups is 2. The summed E-state index contributed by atoms with van der Waals surface area (Å²) < 4.78 is 31.6. The molecule has 7 aliphatic rings. The fourth-order valence-corrected chi connectivity index (χ4v) is 9.89. The smallest absolute Gasteiger partial charge is 0.251 e. The van der Waals surface area contributed by atoms with Gasteiger partial charge in [-0.15, -0.1) is 0 Å². The van der Waals surface area contributed by atoms with Crippen molar-refractivity contribution in [3.8, 4) is 5.75 Å². The summed E-state index contributed by atoms with van der Waals surface area (Å²) in [6, 6.07) is 14.1. The molecule has 0 aromatic heterocycles. The third kappa shape index (κ3) is 6.79. The summed E-state index contributed by atoms with van der Waals surface area (Å²) in [4.78, 5) is 40.9. The van der Waals surface area contributed by atoms with Crippen LogP contribution in [0.5, 0.6) is 5.75 Å². The Morgan fingerprint density at radius 3 is 2.30 bits per heavy atom. The van der Waals surface area contributed by atoms with Crippen molar-refractivity contribution in [2.45, 2.75) is 81.7 Å². The number of ether oxygens (including phenoxy) is 3. The molecule has 2 aliphatic heterocycles. The number of amides is 2. The summed E-state index contributed by atoms with van der Waals surface area (Å²) in [7, 11) is 0. The lowest BCUT2D eigenvalue weighted by Gasteiger charge is -2.61. The predicted molar refractivity (Wildman–Crippen MR) is 181 cm³/mol. The van der Waals surface area contributed by atoms with Gasteiger partial charge in [0.1, 0.15) is 18.2 Å². The Balaban J connectivity index is 0.803. The van der Waals surface area contributed by atoms with E-state index in [1.54, 1.807) is 0 Å². The van der Waals surface area contributed by atoms with Crippen LogP contribution < -0.4 is 15.4 Å². The van der Waals surface area contributed by atoms with Crippen molar-refractivity contribution in [2.75, 3.05) is 52.5 Å². The van der Waals surface area contributed by atoms with Crippen molar-refractivity contribution in [1.29, 1.82) is 0 Å². The lowest BCUT2D eigenvalue weighted by atomic mass is 9.47. The molecule has 9 rings (SSSR count). The van der Waals surface area contributed by atoms with Gasteiger partial charge >= 0.3 is 0 Å². The van der Waals surface area contributed by atoms with Gasteiger partial charge in [-0.25, -0.2) is 4.39 Å². The Labute approximate surface area is 293 Å². The minimum absolute atomic E-state index is 0.110. The Kier molecular flexibility index (Phi) is 9.62. The van der Waals surface area contributed by atoms with Crippen LogP contribution in [0.25, 0.3) is 0 Å². The minimum atomic E-state index is -0.765. The van der Waals surface area contributed by atoms with Gasteiger partial charge in [-0.1, -0.05) is 12.1 Å². The first-order valence-electron chi connectivity index (χ1n) is 18.8. The van der Waals surface area contributed by atoms with Crippen LogP contribution in [-0.4, -0.2) is 80.8 Å². The van der Waals surface area contributed by atoms with E-state index in [0.29, 0.717) is 43.5 Å². The highest BCUT2D eigenvalue weighted by Crippen LogP contribution is 2.68. The van der Waals surface area contributed by atoms with Crippen molar-refractivity contribution in [1.82, 2.24) is 15.5 Å². The van der Waals surface area contributed by atoms with Crippen LogP contribution in [0, 0.1) is 29.0 Å². The average Bonchev–Trinajstić information content (AvgIpc) is 3.51. The van der Waals surface area contributed by atoms with E-state index in [2.05, 4.69) is 39.8 Å². The number of hydrogen-bond acceptors (Lipinski definition) is 8. The van der Waals surface area contributed by atoms with Crippen LogP contribution in [0.4, 0.5) is 4.39 Å². The van der Waals surface area contributed by atoms with Gasteiger partial charge in [0.15, 0.2) is 0 Å². The average molecular weight is 691 g/mol. The zero-order chi connectivity index (χ0) is 34.2. The highest BCUT2D eigenvalue weighted by molar-refractivity contribution is 5.94. The second kappa shape index (κ2) is 14.1. The zero-order valence-corrected chi connectivity index (χ0v) is 28.8. The van der Waals surface area contributed by atoms with E-state index < -0.39 is 17.0 Å². The van der Waals surface area contributed by atoms with Gasteiger partial charge in [-0.05, 0) is 105 Å². The highest BCUT2D eigenvalue weighted by atomic mass is 18.2. The number of rotatable bonds is 11. The van der Waals surface area contributed by atoms with Crippen molar-refractivity contribution >= 4 is 11.8 Å². The molecule has 2 aromatic carbocycles. The van der Waals surface area contributed by atoms with Gasteiger partial charge in [0, 0.05) is 63.0 Å². The standard InChI is InChI=1S/C39H50FN3O7/c40-33-6-2-30(3-7-33)35(44)41-14-1-15-42-36(45)37-24-27-22-31(25-37)39(32(23-27)26-37)48-38(49-50-39)12-10-29(11-13-38)28-4-8-34(9-5-28)47-21-18-43-16-19-46-20-17-43/h2-9,27,29,31-32H,1,10-26H2,(H,41,44)(H,42,45)/i40-1. The van der Waals surface area contributed by atoms with Gasteiger partial charge in [0.2, 0.25) is 17.5 Å². The van der Waals surface area contributed by atoms with Crippen molar-refractivity contribution in [3.63, 3.8) is 0 Å².